The van der Waals surface area contributed by atoms with Crippen LogP contribution in [0.4, 0.5) is 0 Å². The van der Waals surface area contributed by atoms with Gasteiger partial charge in [-0.2, -0.15) is 5.26 Å². The Morgan fingerprint density at radius 3 is 2.57 bits per heavy atom. The van der Waals surface area contributed by atoms with Crippen molar-refractivity contribution in [2.75, 3.05) is 0 Å². The van der Waals surface area contributed by atoms with E-state index in [1.807, 2.05) is 0 Å². The van der Waals surface area contributed by atoms with Crippen LogP contribution in [-0.4, -0.2) is 0 Å². The molecule has 0 unspecified atom stereocenters. The van der Waals surface area contributed by atoms with E-state index in [-0.39, 0.29) is 5.41 Å². The van der Waals surface area contributed by atoms with E-state index in [1.54, 1.807) is 0 Å². The lowest BCUT2D eigenvalue weighted by molar-refractivity contribution is 0.899. The lowest BCUT2D eigenvalue weighted by Gasteiger charge is -2.09. The second-order valence-electron chi connectivity index (χ2n) is 4.25. The minimum absolute atomic E-state index is 0.129. The molecule has 0 aromatic heterocycles. The van der Waals surface area contributed by atoms with Gasteiger partial charge in [0.15, 0.2) is 0 Å². The zero-order valence-corrected chi connectivity index (χ0v) is 8.80. The molecule has 2 rings (SSSR count). The molecule has 1 fully saturated rings. The van der Waals surface area contributed by atoms with Crippen LogP contribution in [-0.2, 0) is 11.8 Å². The summed E-state index contributed by atoms with van der Waals surface area (Å²) in [6, 6.07) is 9.01. The first-order valence-electron chi connectivity index (χ1n) is 5.22. The lowest BCUT2D eigenvalue weighted by atomic mass is 9.93. The number of benzene rings is 1. The highest BCUT2D eigenvalue weighted by atomic mass is 14.5. The predicted molar refractivity (Wildman–Crippen MR) is 57.1 cm³/mol. The maximum Gasteiger partial charge on any atom is 0.0824 e. The summed E-state index contributed by atoms with van der Waals surface area (Å²) in [5, 5.41) is 9.11. The number of hydrogen-bond acceptors (Lipinski definition) is 1. The molecule has 0 atom stereocenters. The molecule has 1 aromatic carbocycles. The van der Waals surface area contributed by atoms with E-state index in [0.29, 0.717) is 0 Å². The first-order chi connectivity index (χ1) is 6.70. The number of rotatable bonds is 2. The standard InChI is InChI=1S/C13H15N/c1-3-11-6-10(2)7-12(8-11)13(9-14)4-5-13/h6-8H,3-5H2,1-2H3. The Morgan fingerprint density at radius 1 is 1.36 bits per heavy atom. The molecule has 14 heavy (non-hydrogen) atoms. The fourth-order valence-electron chi connectivity index (χ4n) is 1.93. The van der Waals surface area contributed by atoms with Crippen molar-refractivity contribution in [1.82, 2.24) is 0 Å². The molecule has 0 spiro atoms. The van der Waals surface area contributed by atoms with Crippen molar-refractivity contribution in [3.8, 4) is 6.07 Å². The normalized spacial score (nSPS) is 17.5. The Morgan fingerprint density at radius 2 is 2.07 bits per heavy atom. The van der Waals surface area contributed by atoms with Crippen LogP contribution in [0.2, 0.25) is 0 Å². The van der Waals surface area contributed by atoms with Crippen molar-refractivity contribution in [2.24, 2.45) is 0 Å². The van der Waals surface area contributed by atoms with E-state index >= 15 is 0 Å². The fourth-order valence-corrected chi connectivity index (χ4v) is 1.93. The third kappa shape index (κ3) is 1.42. The monoisotopic (exact) mass is 185 g/mol. The van der Waals surface area contributed by atoms with Gasteiger partial charge >= 0.3 is 0 Å². The molecule has 1 aliphatic carbocycles. The van der Waals surface area contributed by atoms with Crippen LogP contribution in [0.15, 0.2) is 18.2 Å². The molecule has 0 N–H and O–H groups in total. The second-order valence-corrected chi connectivity index (χ2v) is 4.25. The van der Waals surface area contributed by atoms with Crippen molar-refractivity contribution >= 4 is 0 Å². The molecule has 1 aromatic rings. The maximum absolute atomic E-state index is 9.11. The SMILES string of the molecule is CCc1cc(C)cc(C2(C#N)CC2)c1. The van der Waals surface area contributed by atoms with Crippen molar-refractivity contribution in [3.63, 3.8) is 0 Å². The molecule has 1 saturated carbocycles. The first kappa shape index (κ1) is 9.27. The van der Waals surface area contributed by atoms with Crippen LogP contribution in [0, 0.1) is 18.3 Å². The molecule has 72 valence electrons. The zero-order chi connectivity index (χ0) is 10.2. The smallest absolute Gasteiger partial charge is 0.0824 e. The highest BCUT2D eigenvalue weighted by Crippen LogP contribution is 2.47. The Hall–Kier alpha value is -1.29. The summed E-state index contributed by atoms with van der Waals surface area (Å²) < 4.78 is 0. The van der Waals surface area contributed by atoms with E-state index in [0.717, 1.165) is 19.3 Å². The molecule has 0 bridgehead atoms. The van der Waals surface area contributed by atoms with Gasteiger partial charge in [-0.15, -0.1) is 0 Å². The predicted octanol–water partition coefficient (Wildman–Crippen LogP) is 3.11. The summed E-state index contributed by atoms with van der Waals surface area (Å²) in [5.74, 6) is 0. The van der Waals surface area contributed by atoms with Crippen LogP contribution in [0.25, 0.3) is 0 Å². The Kier molecular flexibility index (Phi) is 2.07. The van der Waals surface area contributed by atoms with Gasteiger partial charge in [0.05, 0.1) is 11.5 Å². The van der Waals surface area contributed by atoms with Crippen LogP contribution < -0.4 is 0 Å². The fraction of sp³-hybridized carbons (Fsp3) is 0.462. The number of nitrogens with zero attached hydrogens (tertiary/aromatic N) is 1. The molecule has 1 heteroatoms. The van der Waals surface area contributed by atoms with Crippen molar-refractivity contribution in [2.45, 2.75) is 38.5 Å². The van der Waals surface area contributed by atoms with E-state index in [4.69, 9.17) is 5.26 Å². The van der Waals surface area contributed by atoms with Gasteiger partial charge < -0.3 is 0 Å². The van der Waals surface area contributed by atoms with Crippen molar-refractivity contribution in [3.05, 3.63) is 34.9 Å². The number of aryl methyl sites for hydroxylation is 2. The van der Waals surface area contributed by atoms with E-state index in [1.165, 1.54) is 16.7 Å². The minimum Gasteiger partial charge on any atom is -0.197 e. The van der Waals surface area contributed by atoms with Crippen LogP contribution in [0.3, 0.4) is 0 Å². The van der Waals surface area contributed by atoms with Gasteiger partial charge in [-0.05, 0) is 37.3 Å². The number of hydrogen-bond donors (Lipinski definition) is 0. The summed E-state index contributed by atoms with van der Waals surface area (Å²) in [6.07, 6.45) is 3.13. The van der Waals surface area contributed by atoms with Gasteiger partial charge in [-0.25, -0.2) is 0 Å². The van der Waals surface area contributed by atoms with Crippen LogP contribution in [0.1, 0.15) is 36.5 Å². The van der Waals surface area contributed by atoms with Gasteiger partial charge in [-0.3, -0.25) is 0 Å². The molecule has 0 amide bonds. The van der Waals surface area contributed by atoms with Crippen LogP contribution in [0.5, 0.6) is 0 Å². The summed E-state index contributed by atoms with van der Waals surface area (Å²) in [5.41, 5.74) is 3.73. The molecule has 0 aliphatic heterocycles. The topological polar surface area (TPSA) is 23.8 Å². The Labute approximate surface area is 85.4 Å². The maximum atomic E-state index is 9.11. The Balaban J connectivity index is 2.45. The molecular formula is C13H15N. The molecule has 0 radical (unpaired) electrons. The summed E-state index contributed by atoms with van der Waals surface area (Å²) in [6.45, 7) is 4.26. The third-order valence-corrected chi connectivity index (χ3v) is 3.06. The molecule has 0 heterocycles. The number of nitriles is 1. The van der Waals surface area contributed by atoms with Crippen molar-refractivity contribution < 1.29 is 0 Å². The molecule has 1 nitrogen and oxygen atoms in total. The van der Waals surface area contributed by atoms with E-state index < -0.39 is 0 Å². The highest BCUT2D eigenvalue weighted by molar-refractivity contribution is 5.43. The van der Waals surface area contributed by atoms with Crippen molar-refractivity contribution in [1.29, 1.82) is 5.26 Å². The quantitative estimate of drug-likeness (QED) is 0.694. The average molecular weight is 185 g/mol. The Bertz CT molecular complexity index is 394. The highest BCUT2D eigenvalue weighted by Gasteiger charge is 2.44. The summed E-state index contributed by atoms with van der Waals surface area (Å²) in [7, 11) is 0. The molecular weight excluding hydrogens is 170 g/mol. The van der Waals surface area contributed by atoms with Gasteiger partial charge in [-0.1, -0.05) is 30.7 Å². The van der Waals surface area contributed by atoms with E-state index in [2.05, 4.69) is 38.1 Å². The zero-order valence-electron chi connectivity index (χ0n) is 8.80. The first-order valence-corrected chi connectivity index (χ1v) is 5.22. The average Bonchev–Trinajstić information content (AvgIpc) is 2.97. The molecule has 0 saturated heterocycles. The van der Waals surface area contributed by atoms with Gasteiger partial charge in [0, 0.05) is 0 Å². The molecule has 1 aliphatic rings. The second kappa shape index (κ2) is 3.13. The van der Waals surface area contributed by atoms with E-state index in [9.17, 15) is 0 Å². The lowest BCUT2D eigenvalue weighted by Crippen LogP contribution is -2.03. The van der Waals surface area contributed by atoms with Gasteiger partial charge in [0.1, 0.15) is 0 Å². The summed E-state index contributed by atoms with van der Waals surface area (Å²) in [4.78, 5) is 0. The third-order valence-electron chi connectivity index (χ3n) is 3.06. The minimum atomic E-state index is -0.129. The van der Waals surface area contributed by atoms with Crippen LogP contribution >= 0.6 is 0 Å². The van der Waals surface area contributed by atoms with Gasteiger partial charge in [0.2, 0.25) is 0 Å². The summed E-state index contributed by atoms with van der Waals surface area (Å²) >= 11 is 0. The largest absolute Gasteiger partial charge is 0.197 e. The van der Waals surface area contributed by atoms with Gasteiger partial charge in [0.25, 0.3) is 0 Å².